The monoisotopic (exact) mass is 567 g/mol. The number of anilines is 1. The van der Waals surface area contributed by atoms with E-state index in [-0.39, 0.29) is 11.7 Å². The van der Waals surface area contributed by atoms with E-state index in [0.717, 1.165) is 44.7 Å². The zero-order valence-electron chi connectivity index (χ0n) is 20.6. The molecule has 0 fully saturated rings. The number of carbonyl (C=O) groups is 1. The Morgan fingerprint density at radius 3 is 2.51 bits per heavy atom. The first-order chi connectivity index (χ1) is 19.1. The molecule has 2 aromatic heterocycles. The van der Waals surface area contributed by atoms with Crippen LogP contribution in [0.15, 0.2) is 108 Å². The first-order valence-corrected chi connectivity index (χ1v) is 14.4. The molecule has 1 amide bonds. The Hall–Kier alpha value is -3.98. The van der Waals surface area contributed by atoms with Crippen LogP contribution in [0.2, 0.25) is 5.02 Å². The quantitative estimate of drug-likeness (QED) is 0.193. The van der Waals surface area contributed by atoms with Crippen molar-refractivity contribution in [1.82, 2.24) is 19.7 Å². The van der Waals surface area contributed by atoms with Gasteiger partial charge in [-0.3, -0.25) is 9.36 Å². The van der Waals surface area contributed by atoms with Gasteiger partial charge in [-0.25, -0.2) is 4.98 Å². The van der Waals surface area contributed by atoms with E-state index in [2.05, 4.69) is 44.8 Å². The van der Waals surface area contributed by atoms with Gasteiger partial charge in [-0.2, -0.15) is 0 Å². The van der Waals surface area contributed by atoms with Gasteiger partial charge in [0.1, 0.15) is 0 Å². The molecule has 0 aliphatic carbocycles. The number of nitrogens with zero attached hydrogens (tertiary/aromatic N) is 4. The number of hydrogen-bond donors (Lipinski definition) is 1. The van der Waals surface area contributed by atoms with Gasteiger partial charge >= 0.3 is 0 Å². The minimum Gasteiger partial charge on any atom is -0.301 e. The van der Waals surface area contributed by atoms with E-state index in [1.54, 1.807) is 6.20 Å². The lowest BCUT2D eigenvalue weighted by molar-refractivity contribution is -0.113. The van der Waals surface area contributed by atoms with Gasteiger partial charge in [-0.05, 0) is 40.6 Å². The van der Waals surface area contributed by atoms with Crippen LogP contribution in [0.5, 0.6) is 0 Å². The van der Waals surface area contributed by atoms with Crippen molar-refractivity contribution in [2.24, 2.45) is 0 Å². The summed E-state index contributed by atoms with van der Waals surface area (Å²) in [5, 5.41) is 16.1. The van der Waals surface area contributed by atoms with Crippen LogP contribution < -0.4 is 5.32 Å². The second-order valence-corrected chi connectivity index (χ2v) is 11.3. The number of aromatic nitrogens is 4. The molecular formula is C30H22ClN5OS2. The Bertz CT molecular complexity index is 1740. The molecule has 9 heteroatoms. The molecule has 6 aromatic rings. The normalized spacial score (nSPS) is 11.1. The summed E-state index contributed by atoms with van der Waals surface area (Å²) in [6.45, 7) is 0. The van der Waals surface area contributed by atoms with Crippen LogP contribution >= 0.6 is 34.7 Å². The lowest BCUT2D eigenvalue weighted by Crippen LogP contribution is -2.14. The highest BCUT2D eigenvalue weighted by Crippen LogP contribution is 2.32. The number of amides is 1. The molecule has 39 heavy (non-hydrogen) atoms. The average Bonchev–Trinajstić information content (AvgIpc) is 3.60. The summed E-state index contributed by atoms with van der Waals surface area (Å²) in [7, 11) is 0. The molecule has 2 heterocycles. The van der Waals surface area contributed by atoms with Crippen LogP contribution in [0.3, 0.4) is 0 Å². The van der Waals surface area contributed by atoms with Crippen LogP contribution in [0.1, 0.15) is 10.4 Å². The Labute approximate surface area is 238 Å². The van der Waals surface area contributed by atoms with Crippen LogP contribution in [0.4, 0.5) is 5.13 Å². The maximum absolute atomic E-state index is 12.9. The van der Waals surface area contributed by atoms with Crippen LogP contribution in [-0.2, 0) is 11.2 Å². The zero-order valence-corrected chi connectivity index (χ0v) is 23.0. The molecular weight excluding hydrogens is 546 g/mol. The average molecular weight is 568 g/mol. The third kappa shape index (κ3) is 5.73. The number of rotatable bonds is 8. The highest BCUT2D eigenvalue weighted by molar-refractivity contribution is 7.99. The maximum Gasteiger partial charge on any atom is 0.236 e. The SMILES string of the molecule is O=C(CSc1nnc(-c2cccc3ccccc23)n1-c1ccccc1)Nc1ncc(Cc2ccc(Cl)cc2)s1. The van der Waals surface area contributed by atoms with Crippen molar-refractivity contribution < 1.29 is 4.79 Å². The summed E-state index contributed by atoms with van der Waals surface area (Å²) >= 11 is 8.79. The molecule has 0 saturated heterocycles. The summed E-state index contributed by atoms with van der Waals surface area (Å²) < 4.78 is 2.01. The van der Waals surface area contributed by atoms with Gasteiger partial charge < -0.3 is 5.32 Å². The van der Waals surface area contributed by atoms with Gasteiger partial charge in [0.05, 0.1) is 5.75 Å². The number of para-hydroxylation sites is 1. The minimum absolute atomic E-state index is 0.151. The van der Waals surface area contributed by atoms with Gasteiger partial charge in [-0.15, -0.1) is 21.5 Å². The Kier molecular flexibility index (Phi) is 7.40. The lowest BCUT2D eigenvalue weighted by Gasteiger charge is -2.12. The number of halogens is 1. The van der Waals surface area contributed by atoms with Crippen molar-refractivity contribution in [3.63, 3.8) is 0 Å². The second kappa shape index (κ2) is 11.4. The maximum atomic E-state index is 12.9. The number of hydrogen-bond acceptors (Lipinski definition) is 6. The van der Waals surface area contributed by atoms with Crippen LogP contribution in [0.25, 0.3) is 27.8 Å². The van der Waals surface area contributed by atoms with E-state index in [9.17, 15) is 4.79 Å². The molecule has 4 aromatic carbocycles. The molecule has 0 saturated carbocycles. The molecule has 0 spiro atoms. The minimum atomic E-state index is -0.151. The van der Waals surface area contributed by atoms with E-state index in [4.69, 9.17) is 11.6 Å². The number of thioether (sulfide) groups is 1. The first-order valence-electron chi connectivity index (χ1n) is 12.2. The number of nitrogens with one attached hydrogen (secondary N) is 1. The zero-order chi connectivity index (χ0) is 26.6. The molecule has 1 N–H and O–H groups in total. The Balaban J connectivity index is 1.20. The second-order valence-electron chi connectivity index (χ2n) is 8.78. The van der Waals surface area contributed by atoms with E-state index < -0.39 is 0 Å². The van der Waals surface area contributed by atoms with E-state index in [1.807, 2.05) is 77.4 Å². The number of thiazole rings is 1. The number of fused-ring (bicyclic) bond motifs is 1. The summed E-state index contributed by atoms with van der Waals surface area (Å²) in [5.41, 5.74) is 3.05. The summed E-state index contributed by atoms with van der Waals surface area (Å²) in [5.74, 6) is 0.751. The fourth-order valence-corrected chi connectivity index (χ4v) is 6.04. The summed E-state index contributed by atoms with van der Waals surface area (Å²) in [4.78, 5) is 18.3. The molecule has 0 bridgehead atoms. The van der Waals surface area contributed by atoms with Gasteiger partial charge in [0, 0.05) is 33.8 Å². The standard InChI is InChI=1S/C30H22ClN5OS2/c31-22-15-13-20(14-16-22)17-24-18-32-29(39-24)33-27(37)19-38-30-35-34-28(36(30)23-9-2-1-3-10-23)26-12-6-8-21-7-4-5-11-25(21)26/h1-16,18H,17,19H2,(H,32,33,37). The molecule has 0 aliphatic heterocycles. The van der Waals surface area contributed by atoms with E-state index >= 15 is 0 Å². The smallest absolute Gasteiger partial charge is 0.236 e. The van der Waals surface area contributed by atoms with Crippen molar-refractivity contribution in [1.29, 1.82) is 0 Å². The third-order valence-electron chi connectivity index (χ3n) is 6.10. The van der Waals surface area contributed by atoms with Gasteiger partial charge in [-0.1, -0.05) is 96.2 Å². The van der Waals surface area contributed by atoms with Crippen LogP contribution in [0, 0.1) is 0 Å². The van der Waals surface area contributed by atoms with E-state index in [0.29, 0.717) is 15.3 Å². The fraction of sp³-hybridized carbons (Fsp3) is 0.0667. The molecule has 0 aliphatic rings. The summed E-state index contributed by atoms with van der Waals surface area (Å²) in [6, 6.07) is 32.1. The number of benzene rings is 4. The topological polar surface area (TPSA) is 72.7 Å². The Morgan fingerprint density at radius 1 is 0.897 bits per heavy atom. The largest absolute Gasteiger partial charge is 0.301 e. The van der Waals surface area contributed by atoms with Crippen molar-refractivity contribution in [2.75, 3.05) is 11.1 Å². The molecule has 6 rings (SSSR count). The highest BCUT2D eigenvalue weighted by atomic mass is 35.5. The molecule has 0 unspecified atom stereocenters. The first kappa shape index (κ1) is 25.3. The molecule has 0 radical (unpaired) electrons. The third-order valence-corrected chi connectivity index (χ3v) is 8.20. The fourth-order valence-electron chi connectivity index (χ4n) is 4.30. The van der Waals surface area contributed by atoms with Crippen molar-refractivity contribution in [2.45, 2.75) is 11.6 Å². The van der Waals surface area contributed by atoms with Crippen molar-refractivity contribution >= 4 is 56.5 Å². The van der Waals surface area contributed by atoms with Crippen molar-refractivity contribution in [3.05, 3.63) is 119 Å². The predicted molar refractivity (Wildman–Crippen MR) is 160 cm³/mol. The molecule has 6 nitrogen and oxygen atoms in total. The number of carbonyl (C=O) groups excluding carboxylic acids is 1. The van der Waals surface area contributed by atoms with Crippen molar-refractivity contribution in [3.8, 4) is 17.1 Å². The summed E-state index contributed by atoms with van der Waals surface area (Å²) in [6.07, 6.45) is 2.53. The Morgan fingerprint density at radius 2 is 1.67 bits per heavy atom. The molecule has 192 valence electrons. The van der Waals surface area contributed by atoms with Gasteiger partial charge in [0.2, 0.25) is 5.91 Å². The van der Waals surface area contributed by atoms with E-state index in [1.165, 1.54) is 23.1 Å². The van der Waals surface area contributed by atoms with Gasteiger partial charge in [0.25, 0.3) is 0 Å². The lowest BCUT2D eigenvalue weighted by atomic mass is 10.0. The highest BCUT2D eigenvalue weighted by Gasteiger charge is 2.19. The van der Waals surface area contributed by atoms with Crippen LogP contribution in [-0.4, -0.2) is 31.4 Å². The van der Waals surface area contributed by atoms with Gasteiger partial charge in [0.15, 0.2) is 16.1 Å². The molecule has 0 atom stereocenters. The predicted octanol–water partition coefficient (Wildman–Crippen LogP) is 7.52.